The molecule has 0 saturated carbocycles. The highest BCUT2D eigenvalue weighted by Gasteiger charge is 2.38. The van der Waals surface area contributed by atoms with Gasteiger partial charge in [-0.05, 0) is 47.3 Å². The van der Waals surface area contributed by atoms with Crippen molar-refractivity contribution >= 4 is 34.8 Å². The number of hydrogen-bond acceptors (Lipinski definition) is 5. The fourth-order valence-electron chi connectivity index (χ4n) is 3.67. The lowest BCUT2D eigenvalue weighted by molar-refractivity contribution is -0.118. The van der Waals surface area contributed by atoms with Gasteiger partial charge in [-0.1, -0.05) is 29.8 Å². The van der Waals surface area contributed by atoms with E-state index in [-0.39, 0.29) is 28.8 Å². The van der Waals surface area contributed by atoms with Crippen LogP contribution in [0.4, 0.5) is 5.69 Å². The molecule has 3 aromatic rings. The Morgan fingerprint density at radius 2 is 2.10 bits per heavy atom. The topological polar surface area (TPSA) is 82.8 Å². The fraction of sp³-hybridized carbons (Fsp3) is 0.190. The highest BCUT2D eigenvalue weighted by molar-refractivity contribution is 6.30. The molecule has 0 N–H and O–H groups in total. The molecular formula is C21H15Cl2N5O. The van der Waals surface area contributed by atoms with Crippen LogP contribution in [0.25, 0.3) is 0 Å². The lowest BCUT2D eigenvalue weighted by Crippen LogP contribution is -2.35. The maximum Gasteiger partial charge on any atom is 0.232 e. The molecule has 0 saturated heterocycles. The van der Waals surface area contributed by atoms with Crippen LogP contribution in [-0.4, -0.2) is 20.9 Å². The van der Waals surface area contributed by atoms with Gasteiger partial charge in [0.15, 0.2) is 0 Å². The predicted molar refractivity (Wildman–Crippen MR) is 110 cm³/mol. The molecule has 0 bridgehead atoms. The molecule has 1 aliphatic heterocycles. The first-order valence-corrected chi connectivity index (χ1v) is 9.67. The van der Waals surface area contributed by atoms with Crippen LogP contribution in [0.3, 0.4) is 0 Å². The number of carbonyl (C=O) groups excluding carboxylic acids is 1. The standard InChI is InChI=1S/C21H15Cl2N5O/c1-12-11-26-21(23)27-18(12)16-8-13-4-2-5-15(10-24)19(13)28(16)17(29)9-14-6-3-7-25-20(14)22/h2-7,11,16H,8-9H2,1H3. The third-order valence-corrected chi connectivity index (χ3v) is 5.47. The van der Waals surface area contributed by atoms with E-state index >= 15 is 0 Å². The molecule has 3 heterocycles. The number of halogens is 2. The Bertz CT molecular complexity index is 1160. The molecule has 4 rings (SSSR count). The predicted octanol–water partition coefficient (Wildman–Crippen LogP) is 4.23. The molecule has 1 unspecified atom stereocenters. The van der Waals surface area contributed by atoms with Gasteiger partial charge in [0.25, 0.3) is 0 Å². The van der Waals surface area contributed by atoms with Gasteiger partial charge in [-0.3, -0.25) is 4.79 Å². The van der Waals surface area contributed by atoms with Crippen molar-refractivity contribution in [3.05, 3.63) is 81.1 Å². The van der Waals surface area contributed by atoms with Crippen LogP contribution < -0.4 is 4.90 Å². The number of benzene rings is 1. The van der Waals surface area contributed by atoms with Crippen molar-refractivity contribution in [2.45, 2.75) is 25.8 Å². The minimum atomic E-state index is -0.386. The van der Waals surface area contributed by atoms with Gasteiger partial charge in [-0.25, -0.2) is 15.0 Å². The smallest absolute Gasteiger partial charge is 0.232 e. The van der Waals surface area contributed by atoms with E-state index in [4.69, 9.17) is 23.2 Å². The number of pyridine rings is 1. The third kappa shape index (κ3) is 3.55. The van der Waals surface area contributed by atoms with Gasteiger partial charge in [0.2, 0.25) is 11.2 Å². The lowest BCUT2D eigenvalue weighted by atomic mass is 10.0. The third-order valence-electron chi connectivity index (χ3n) is 4.95. The van der Waals surface area contributed by atoms with Gasteiger partial charge in [0.1, 0.15) is 11.2 Å². The maximum atomic E-state index is 13.4. The van der Waals surface area contributed by atoms with E-state index in [1.807, 2.05) is 19.1 Å². The zero-order chi connectivity index (χ0) is 20.5. The molecular weight excluding hydrogens is 409 g/mol. The minimum Gasteiger partial charge on any atom is -0.301 e. The van der Waals surface area contributed by atoms with E-state index in [2.05, 4.69) is 21.0 Å². The summed E-state index contributed by atoms with van der Waals surface area (Å²) in [4.78, 5) is 27.5. The second-order valence-corrected chi connectivity index (χ2v) is 7.44. The summed E-state index contributed by atoms with van der Waals surface area (Å²) in [6.45, 7) is 1.88. The Morgan fingerprint density at radius 1 is 1.28 bits per heavy atom. The molecule has 1 aromatic carbocycles. The molecule has 1 aliphatic rings. The summed E-state index contributed by atoms with van der Waals surface area (Å²) in [5, 5.41) is 10.0. The molecule has 8 heteroatoms. The number of para-hydroxylation sites is 1. The number of fused-ring (bicyclic) bond motifs is 1. The highest BCUT2D eigenvalue weighted by atomic mass is 35.5. The number of nitriles is 1. The van der Waals surface area contributed by atoms with E-state index < -0.39 is 0 Å². The second kappa shape index (κ2) is 7.78. The van der Waals surface area contributed by atoms with E-state index in [9.17, 15) is 10.1 Å². The van der Waals surface area contributed by atoms with Crippen molar-refractivity contribution in [2.75, 3.05) is 4.90 Å². The van der Waals surface area contributed by atoms with E-state index in [1.54, 1.807) is 35.5 Å². The van der Waals surface area contributed by atoms with Crippen LogP contribution in [0.1, 0.15) is 34.0 Å². The number of rotatable bonds is 3. The first-order chi connectivity index (χ1) is 14.0. The molecule has 0 spiro atoms. The Balaban J connectivity index is 1.82. The monoisotopic (exact) mass is 423 g/mol. The summed E-state index contributed by atoms with van der Waals surface area (Å²) in [7, 11) is 0. The molecule has 6 nitrogen and oxygen atoms in total. The van der Waals surface area contributed by atoms with Crippen LogP contribution >= 0.6 is 23.2 Å². The number of aryl methyl sites for hydroxylation is 1. The van der Waals surface area contributed by atoms with Crippen molar-refractivity contribution in [3.63, 3.8) is 0 Å². The summed E-state index contributed by atoms with van der Waals surface area (Å²) in [5.41, 5.74) is 4.07. The summed E-state index contributed by atoms with van der Waals surface area (Å²) in [5.74, 6) is -0.194. The Labute approximate surface area is 177 Å². The van der Waals surface area contributed by atoms with Gasteiger partial charge in [-0.2, -0.15) is 5.26 Å². The average molecular weight is 424 g/mol. The molecule has 1 atom stereocenters. The fourth-order valence-corrected chi connectivity index (χ4v) is 4.00. The number of nitrogens with zero attached hydrogens (tertiary/aromatic N) is 5. The Morgan fingerprint density at radius 3 is 2.86 bits per heavy atom. The SMILES string of the molecule is Cc1cnc(Cl)nc1C1Cc2cccc(C#N)c2N1C(=O)Cc1cccnc1Cl. The van der Waals surface area contributed by atoms with Crippen molar-refractivity contribution in [2.24, 2.45) is 0 Å². The van der Waals surface area contributed by atoms with Gasteiger partial charge in [-0.15, -0.1) is 0 Å². The van der Waals surface area contributed by atoms with Gasteiger partial charge in [0.05, 0.1) is 29.4 Å². The lowest BCUT2D eigenvalue weighted by Gasteiger charge is -2.27. The summed E-state index contributed by atoms with van der Waals surface area (Å²) >= 11 is 12.2. The summed E-state index contributed by atoms with van der Waals surface area (Å²) in [6, 6.07) is 10.8. The molecule has 144 valence electrons. The summed E-state index contributed by atoms with van der Waals surface area (Å²) in [6.07, 6.45) is 3.80. The van der Waals surface area contributed by atoms with E-state index in [1.165, 1.54) is 0 Å². The second-order valence-electron chi connectivity index (χ2n) is 6.75. The molecule has 1 amide bonds. The molecule has 0 radical (unpaired) electrons. The Hall–Kier alpha value is -3.01. The number of hydrogen-bond donors (Lipinski definition) is 0. The van der Waals surface area contributed by atoms with Crippen molar-refractivity contribution in [1.82, 2.24) is 15.0 Å². The van der Waals surface area contributed by atoms with E-state index in [0.29, 0.717) is 28.9 Å². The highest BCUT2D eigenvalue weighted by Crippen LogP contribution is 2.43. The average Bonchev–Trinajstić information content (AvgIpc) is 3.11. The normalized spacial score (nSPS) is 15.1. The van der Waals surface area contributed by atoms with Crippen LogP contribution in [0.15, 0.2) is 42.7 Å². The zero-order valence-corrected chi connectivity index (χ0v) is 16.9. The summed E-state index contributed by atoms with van der Waals surface area (Å²) < 4.78 is 0. The van der Waals surface area contributed by atoms with Crippen molar-refractivity contribution in [3.8, 4) is 6.07 Å². The van der Waals surface area contributed by atoms with Gasteiger partial charge in [0, 0.05) is 18.8 Å². The molecule has 0 fully saturated rings. The number of carbonyl (C=O) groups is 1. The van der Waals surface area contributed by atoms with Crippen LogP contribution in [0.5, 0.6) is 0 Å². The number of anilines is 1. The quantitative estimate of drug-likeness (QED) is 0.464. The van der Waals surface area contributed by atoms with Crippen molar-refractivity contribution in [1.29, 1.82) is 5.26 Å². The molecule has 29 heavy (non-hydrogen) atoms. The number of aromatic nitrogens is 3. The van der Waals surface area contributed by atoms with E-state index in [0.717, 1.165) is 11.1 Å². The van der Waals surface area contributed by atoms with Gasteiger partial charge >= 0.3 is 0 Å². The largest absolute Gasteiger partial charge is 0.301 e. The molecule has 0 aliphatic carbocycles. The van der Waals surface area contributed by atoms with Crippen LogP contribution in [0, 0.1) is 18.3 Å². The maximum absolute atomic E-state index is 13.4. The first kappa shape index (κ1) is 19.3. The Kier molecular flexibility index (Phi) is 5.18. The first-order valence-electron chi connectivity index (χ1n) is 8.92. The van der Waals surface area contributed by atoms with Crippen molar-refractivity contribution < 1.29 is 4.79 Å². The number of amides is 1. The molecule has 2 aromatic heterocycles. The van der Waals surface area contributed by atoms with Gasteiger partial charge < -0.3 is 4.90 Å². The van der Waals surface area contributed by atoms with Crippen LogP contribution in [-0.2, 0) is 17.6 Å². The minimum absolute atomic E-state index is 0.0558. The zero-order valence-electron chi connectivity index (χ0n) is 15.4. The van der Waals surface area contributed by atoms with Crippen LogP contribution in [0.2, 0.25) is 10.4 Å².